The summed E-state index contributed by atoms with van der Waals surface area (Å²) in [5, 5.41) is 3.84. The summed E-state index contributed by atoms with van der Waals surface area (Å²) in [7, 11) is 3.32. The molecule has 8 nitrogen and oxygen atoms in total. The highest BCUT2D eigenvalue weighted by atomic mass is 16.5. The lowest BCUT2D eigenvalue weighted by Crippen LogP contribution is -2.59. The maximum absolute atomic E-state index is 13.2. The SMILES string of the molecule is COC(=O)c1cccc(N2CCN(C)C(NC(=O)c3cn(C(C)=O)c4ccccc34)C2)c1. The summed E-state index contributed by atoms with van der Waals surface area (Å²) < 4.78 is 6.32. The van der Waals surface area contributed by atoms with E-state index in [4.69, 9.17) is 4.74 Å². The van der Waals surface area contributed by atoms with Crippen LogP contribution in [0.3, 0.4) is 0 Å². The fourth-order valence-corrected chi connectivity index (χ4v) is 4.06. The fourth-order valence-electron chi connectivity index (χ4n) is 4.06. The number of methoxy groups -OCH3 is 1. The zero-order valence-electron chi connectivity index (χ0n) is 18.4. The number of fused-ring (bicyclic) bond motifs is 1. The monoisotopic (exact) mass is 434 g/mol. The fraction of sp³-hybridized carbons (Fsp3) is 0.292. The molecule has 1 aliphatic heterocycles. The van der Waals surface area contributed by atoms with Crippen molar-refractivity contribution in [1.82, 2.24) is 14.8 Å². The van der Waals surface area contributed by atoms with Gasteiger partial charge in [-0.1, -0.05) is 24.3 Å². The van der Waals surface area contributed by atoms with Gasteiger partial charge in [-0.3, -0.25) is 19.1 Å². The molecule has 1 saturated heterocycles. The van der Waals surface area contributed by atoms with Crippen LogP contribution in [0.1, 0.15) is 32.4 Å². The molecule has 1 fully saturated rings. The second kappa shape index (κ2) is 8.84. The van der Waals surface area contributed by atoms with Crippen LogP contribution in [0.4, 0.5) is 5.69 Å². The molecule has 4 rings (SSSR count). The second-order valence-corrected chi connectivity index (χ2v) is 7.91. The Kier molecular flexibility index (Phi) is 5.96. The minimum atomic E-state index is -0.382. The third-order valence-electron chi connectivity index (χ3n) is 5.87. The Labute approximate surface area is 186 Å². The number of carbonyl (C=O) groups excluding carboxylic acids is 3. The molecule has 2 heterocycles. The van der Waals surface area contributed by atoms with Crippen molar-refractivity contribution in [1.29, 1.82) is 0 Å². The van der Waals surface area contributed by atoms with Gasteiger partial charge in [0.1, 0.15) is 0 Å². The highest BCUT2D eigenvalue weighted by molar-refractivity contribution is 6.09. The quantitative estimate of drug-likeness (QED) is 0.636. The Hall–Kier alpha value is -3.65. The van der Waals surface area contributed by atoms with E-state index in [1.807, 2.05) is 43.4 Å². The molecule has 0 bridgehead atoms. The number of piperazine rings is 1. The molecule has 166 valence electrons. The molecular formula is C24H26N4O4. The van der Waals surface area contributed by atoms with E-state index in [2.05, 4.69) is 15.1 Å². The molecule has 0 saturated carbocycles. The molecule has 8 heteroatoms. The van der Waals surface area contributed by atoms with Crippen molar-refractivity contribution in [3.63, 3.8) is 0 Å². The molecule has 1 unspecified atom stereocenters. The van der Waals surface area contributed by atoms with E-state index in [-0.39, 0.29) is 23.9 Å². The first-order chi connectivity index (χ1) is 15.4. The van der Waals surface area contributed by atoms with E-state index in [0.717, 1.165) is 24.2 Å². The first-order valence-electron chi connectivity index (χ1n) is 10.4. The molecule has 0 radical (unpaired) electrons. The predicted molar refractivity (Wildman–Crippen MR) is 122 cm³/mol. The van der Waals surface area contributed by atoms with Crippen molar-refractivity contribution in [2.24, 2.45) is 0 Å². The standard InChI is InChI=1S/C24H26N4O4/c1-16(29)28-14-20(19-9-4-5-10-21(19)28)23(30)25-22-15-27(12-11-26(22)2)18-8-6-7-17(13-18)24(31)32-3/h4-10,13-14,22H,11-12,15H2,1-3H3,(H,25,30). The number of aromatic nitrogens is 1. The van der Waals surface area contributed by atoms with E-state index in [1.54, 1.807) is 18.3 Å². The lowest BCUT2D eigenvalue weighted by Gasteiger charge is -2.40. The molecule has 1 aliphatic rings. The van der Waals surface area contributed by atoms with Gasteiger partial charge in [0.05, 0.1) is 36.5 Å². The Morgan fingerprint density at radius 2 is 1.84 bits per heavy atom. The zero-order chi connectivity index (χ0) is 22.8. The smallest absolute Gasteiger partial charge is 0.337 e. The molecular weight excluding hydrogens is 408 g/mol. The molecule has 32 heavy (non-hydrogen) atoms. The van der Waals surface area contributed by atoms with Crippen LogP contribution in [0.2, 0.25) is 0 Å². The number of ether oxygens (including phenoxy) is 1. The van der Waals surface area contributed by atoms with Crippen molar-refractivity contribution in [2.45, 2.75) is 13.1 Å². The van der Waals surface area contributed by atoms with Gasteiger partial charge < -0.3 is 15.0 Å². The summed E-state index contributed by atoms with van der Waals surface area (Å²) in [6.07, 6.45) is 1.36. The van der Waals surface area contributed by atoms with E-state index in [9.17, 15) is 14.4 Å². The topological polar surface area (TPSA) is 83.9 Å². The van der Waals surface area contributed by atoms with Crippen LogP contribution < -0.4 is 10.2 Å². The molecule has 0 spiro atoms. The van der Waals surface area contributed by atoms with Crippen LogP contribution in [-0.2, 0) is 4.74 Å². The molecule has 2 aromatic carbocycles. The number of amides is 1. The molecule has 1 amide bonds. The van der Waals surface area contributed by atoms with Gasteiger partial charge in [0.2, 0.25) is 5.91 Å². The third kappa shape index (κ3) is 4.09. The summed E-state index contributed by atoms with van der Waals surface area (Å²) in [5.41, 5.74) is 2.56. The number of carbonyl (C=O) groups is 3. The van der Waals surface area contributed by atoms with Crippen molar-refractivity contribution in [3.8, 4) is 0 Å². The Morgan fingerprint density at radius 3 is 2.59 bits per heavy atom. The lowest BCUT2D eigenvalue weighted by atomic mass is 10.1. The summed E-state index contributed by atoms with van der Waals surface area (Å²) in [6.45, 7) is 3.53. The number of likely N-dealkylation sites (N-methyl/N-ethyl adjacent to an activating group) is 1. The predicted octanol–water partition coefficient (Wildman–Crippen LogP) is 2.60. The maximum atomic E-state index is 13.2. The van der Waals surface area contributed by atoms with Gasteiger partial charge in [-0.2, -0.15) is 0 Å². The first-order valence-corrected chi connectivity index (χ1v) is 10.4. The maximum Gasteiger partial charge on any atom is 0.337 e. The number of nitrogens with zero attached hydrogens (tertiary/aromatic N) is 3. The zero-order valence-corrected chi connectivity index (χ0v) is 18.4. The van der Waals surface area contributed by atoms with Crippen LogP contribution in [0.5, 0.6) is 0 Å². The van der Waals surface area contributed by atoms with Crippen LogP contribution in [-0.4, -0.2) is 67.2 Å². The van der Waals surface area contributed by atoms with Crippen molar-refractivity contribution >= 4 is 34.4 Å². The van der Waals surface area contributed by atoms with E-state index >= 15 is 0 Å². The summed E-state index contributed by atoms with van der Waals surface area (Å²) >= 11 is 0. The van der Waals surface area contributed by atoms with E-state index < -0.39 is 0 Å². The molecule has 1 aromatic heterocycles. The van der Waals surface area contributed by atoms with Crippen LogP contribution in [0.25, 0.3) is 10.9 Å². The molecule has 3 aromatic rings. The van der Waals surface area contributed by atoms with Crippen molar-refractivity contribution < 1.29 is 19.1 Å². The van der Waals surface area contributed by atoms with Gasteiger partial charge in [0.25, 0.3) is 5.91 Å². The number of benzene rings is 2. The average molecular weight is 434 g/mol. The first kappa shape index (κ1) is 21.6. The number of hydrogen-bond donors (Lipinski definition) is 1. The Morgan fingerprint density at radius 1 is 1.06 bits per heavy atom. The number of para-hydroxylation sites is 1. The van der Waals surface area contributed by atoms with Gasteiger partial charge in [0.15, 0.2) is 0 Å². The van der Waals surface area contributed by atoms with Crippen LogP contribution in [0.15, 0.2) is 54.7 Å². The Balaban J connectivity index is 1.56. The summed E-state index contributed by atoms with van der Waals surface area (Å²) in [4.78, 5) is 41.3. The van der Waals surface area contributed by atoms with E-state index in [0.29, 0.717) is 23.2 Å². The normalized spacial score (nSPS) is 16.7. The van der Waals surface area contributed by atoms with Gasteiger partial charge in [-0.15, -0.1) is 0 Å². The molecule has 0 aliphatic carbocycles. The second-order valence-electron chi connectivity index (χ2n) is 7.91. The van der Waals surface area contributed by atoms with Crippen molar-refractivity contribution in [2.75, 3.05) is 38.7 Å². The van der Waals surface area contributed by atoms with Gasteiger partial charge in [0, 0.05) is 37.3 Å². The van der Waals surface area contributed by atoms with Crippen molar-refractivity contribution in [3.05, 3.63) is 65.9 Å². The Bertz CT molecular complexity index is 1190. The molecule has 1 N–H and O–H groups in total. The highest BCUT2D eigenvalue weighted by Gasteiger charge is 2.28. The van der Waals surface area contributed by atoms with E-state index in [1.165, 1.54) is 18.6 Å². The number of nitrogens with one attached hydrogen (secondary N) is 1. The molecule has 1 atom stereocenters. The van der Waals surface area contributed by atoms with Gasteiger partial charge in [-0.25, -0.2) is 4.79 Å². The lowest BCUT2D eigenvalue weighted by molar-refractivity contribution is 0.0600. The average Bonchev–Trinajstić information content (AvgIpc) is 3.20. The third-order valence-corrected chi connectivity index (χ3v) is 5.87. The number of hydrogen-bond acceptors (Lipinski definition) is 6. The summed E-state index contributed by atoms with van der Waals surface area (Å²) in [6, 6.07) is 14.7. The number of anilines is 1. The van der Waals surface area contributed by atoms with Gasteiger partial charge >= 0.3 is 5.97 Å². The highest BCUT2D eigenvalue weighted by Crippen LogP contribution is 2.23. The minimum absolute atomic E-state index is 0.147. The van der Waals surface area contributed by atoms with Gasteiger partial charge in [-0.05, 0) is 31.3 Å². The van der Waals surface area contributed by atoms with Crippen LogP contribution >= 0.6 is 0 Å². The number of esters is 1. The number of rotatable bonds is 4. The minimum Gasteiger partial charge on any atom is -0.465 e. The summed E-state index contributed by atoms with van der Waals surface area (Å²) in [5.74, 6) is -0.761. The van der Waals surface area contributed by atoms with Crippen LogP contribution in [0, 0.1) is 0 Å². The largest absolute Gasteiger partial charge is 0.465 e.